The Morgan fingerprint density at radius 1 is 1.44 bits per heavy atom. The first kappa shape index (κ1) is 11.9. The second-order valence-corrected chi connectivity index (χ2v) is 5.73. The molecular formula is C13H18BrNO. The van der Waals surface area contributed by atoms with Gasteiger partial charge in [-0.25, -0.2) is 0 Å². The van der Waals surface area contributed by atoms with Gasteiger partial charge in [0.25, 0.3) is 0 Å². The summed E-state index contributed by atoms with van der Waals surface area (Å²) in [4.78, 5) is 0. The normalized spacial score (nSPS) is 16.1. The monoisotopic (exact) mass is 283 g/mol. The van der Waals surface area contributed by atoms with E-state index in [0.29, 0.717) is 5.92 Å². The molecular weight excluding hydrogens is 266 g/mol. The van der Waals surface area contributed by atoms with Gasteiger partial charge >= 0.3 is 0 Å². The zero-order valence-electron chi connectivity index (χ0n) is 9.79. The lowest BCUT2D eigenvalue weighted by Crippen LogP contribution is -2.14. The molecule has 2 nitrogen and oxygen atoms in total. The summed E-state index contributed by atoms with van der Waals surface area (Å²) >= 11 is 3.54. The quantitative estimate of drug-likeness (QED) is 0.923. The number of ether oxygens (including phenoxy) is 1. The number of fused-ring (bicyclic) bond motifs is 1. The van der Waals surface area contributed by atoms with Gasteiger partial charge in [-0.2, -0.15) is 0 Å². The molecule has 2 N–H and O–H groups in total. The van der Waals surface area contributed by atoms with E-state index in [1.165, 1.54) is 5.56 Å². The largest absolute Gasteiger partial charge is 0.493 e. The number of nitrogens with two attached hydrogens (primary N) is 1. The van der Waals surface area contributed by atoms with Gasteiger partial charge in [-0.05, 0) is 30.0 Å². The fourth-order valence-electron chi connectivity index (χ4n) is 2.21. The minimum absolute atomic E-state index is 0.0735. The lowest BCUT2D eigenvalue weighted by Gasteiger charge is -2.17. The molecule has 1 unspecified atom stereocenters. The van der Waals surface area contributed by atoms with Crippen molar-refractivity contribution in [2.24, 2.45) is 11.7 Å². The van der Waals surface area contributed by atoms with Crippen LogP contribution in [0.15, 0.2) is 16.6 Å². The Morgan fingerprint density at radius 2 is 2.19 bits per heavy atom. The van der Waals surface area contributed by atoms with Crippen LogP contribution in [0.5, 0.6) is 5.75 Å². The number of hydrogen-bond donors (Lipinski definition) is 1. The topological polar surface area (TPSA) is 35.2 Å². The molecule has 16 heavy (non-hydrogen) atoms. The van der Waals surface area contributed by atoms with Crippen molar-refractivity contribution >= 4 is 15.9 Å². The van der Waals surface area contributed by atoms with Crippen LogP contribution in [0, 0.1) is 5.92 Å². The summed E-state index contributed by atoms with van der Waals surface area (Å²) < 4.78 is 6.79. The first-order chi connectivity index (χ1) is 7.58. The average Bonchev–Trinajstić information content (AvgIpc) is 2.62. The van der Waals surface area contributed by atoms with Crippen molar-refractivity contribution in [1.82, 2.24) is 0 Å². The van der Waals surface area contributed by atoms with Gasteiger partial charge in [-0.1, -0.05) is 29.8 Å². The summed E-state index contributed by atoms with van der Waals surface area (Å²) in [6.45, 7) is 5.17. The lowest BCUT2D eigenvalue weighted by atomic mass is 9.95. The first-order valence-corrected chi connectivity index (χ1v) is 6.58. The minimum Gasteiger partial charge on any atom is -0.493 e. The average molecular weight is 284 g/mol. The van der Waals surface area contributed by atoms with E-state index in [2.05, 4.69) is 41.9 Å². The van der Waals surface area contributed by atoms with Crippen LogP contribution in [0.1, 0.15) is 37.4 Å². The molecule has 88 valence electrons. The maximum atomic E-state index is 6.24. The smallest absolute Gasteiger partial charge is 0.127 e. The summed E-state index contributed by atoms with van der Waals surface area (Å²) in [6.07, 6.45) is 1.99. The van der Waals surface area contributed by atoms with Crippen molar-refractivity contribution in [2.45, 2.75) is 32.7 Å². The highest BCUT2D eigenvalue weighted by Crippen LogP contribution is 2.37. The van der Waals surface area contributed by atoms with Gasteiger partial charge in [-0.3, -0.25) is 0 Å². The highest BCUT2D eigenvalue weighted by atomic mass is 79.9. The molecule has 3 heteroatoms. The van der Waals surface area contributed by atoms with E-state index in [1.807, 2.05) is 0 Å². The van der Waals surface area contributed by atoms with Crippen LogP contribution < -0.4 is 10.5 Å². The van der Waals surface area contributed by atoms with Crippen molar-refractivity contribution in [3.05, 3.63) is 27.7 Å². The van der Waals surface area contributed by atoms with E-state index >= 15 is 0 Å². The molecule has 0 aliphatic carbocycles. The summed E-state index contributed by atoms with van der Waals surface area (Å²) in [6, 6.07) is 4.30. The van der Waals surface area contributed by atoms with Crippen LogP contribution in [0.25, 0.3) is 0 Å². The van der Waals surface area contributed by atoms with Crippen molar-refractivity contribution < 1.29 is 4.74 Å². The molecule has 0 fully saturated rings. The summed E-state index contributed by atoms with van der Waals surface area (Å²) in [7, 11) is 0. The van der Waals surface area contributed by atoms with E-state index in [0.717, 1.165) is 35.2 Å². The van der Waals surface area contributed by atoms with Gasteiger partial charge in [0.1, 0.15) is 5.75 Å². The Bertz CT molecular complexity index is 390. The Hall–Kier alpha value is -0.540. The molecule has 0 amide bonds. The van der Waals surface area contributed by atoms with Crippen LogP contribution >= 0.6 is 15.9 Å². The molecule has 1 atom stereocenters. The molecule has 1 aliphatic heterocycles. The third-order valence-electron chi connectivity index (χ3n) is 2.90. The molecule has 0 aromatic heterocycles. The fraction of sp³-hybridized carbons (Fsp3) is 0.538. The zero-order chi connectivity index (χ0) is 11.7. The van der Waals surface area contributed by atoms with Crippen LogP contribution in [0.4, 0.5) is 0 Å². The van der Waals surface area contributed by atoms with Crippen LogP contribution in [-0.4, -0.2) is 6.61 Å². The molecule has 0 radical (unpaired) electrons. The summed E-state index contributed by atoms with van der Waals surface area (Å²) in [5.74, 6) is 1.63. The minimum atomic E-state index is 0.0735. The summed E-state index contributed by atoms with van der Waals surface area (Å²) in [5, 5.41) is 0. The Morgan fingerprint density at radius 3 is 2.88 bits per heavy atom. The van der Waals surface area contributed by atoms with Crippen LogP contribution in [0.2, 0.25) is 0 Å². The Balaban J connectivity index is 2.33. The van der Waals surface area contributed by atoms with Crippen molar-refractivity contribution in [1.29, 1.82) is 0 Å². The number of hydrogen-bond acceptors (Lipinski definition) is 2. The number of halogens is 1. The fourth-order valence-corrected chi connectivity index (χ4v) is 2.73. The van der Waals surface area contributed by atoms with Crippen LogP contribution in [-0.2, 0) is 6.42 Å². The van der Waals surface area contributed by atoms with E-state index in [4.69, 9.17) is 10.5 Å². The van der Waals surface area contributed by atoms with Gasteiger partial charge in [0.2, 0.25) is 0 Å². The zero-order valence-corrected chi connectivity index (χ0v) is 11.4. The predicted molar refractivity (Wildman–Crippen MR) is 69.7 cm³/mol. The highest BCUT2D eigenvalue weighted by molar-refractivity contribution is 9.10. The number of rotatable bonds is 3. The Labute approximate surface area is 105 Å². The molecule has 0 saturated carbocycles. The maximum Gasteiger partial charge on any atom is 0.127 e. The Kier molecular flexibility index (Phi) is 3.55. The van der Waals surface area contributed by atoms with Gasteiger partial charge in [0, 0.05) is 22.5 Å². The molecule has 1 heterocycles. The van der Waals surface area contributed by atoms with Crippen LogP contribution in [0.3, 0.4) is 0 Å². The van der Waals surface area contributed by atoms with E-state index in [1.54, 1.807) is 0 Å². The van der Waals surface area contributed by atoms with Gasteiger partial charge < -0.3 is 10.5 Å². The molecule has 1 aliphatic rings. The van der Waals surface area contributed by atoms with Crippen molar-refractivity contribution in [3.63, 3.8) is 0 Å². The molecule has 0 spiro atoms. The third kappa shape index (κ3) is 2.41. The van der Waals surface area contributed by atoms with E-state index in [-0.39, 0.29) is 6.04 Å². The molecule has 2 rings (SSSR count). The number of benzene rings is 1. The molecule has 1 aromatic rings. The molecule has 1 aromatic carbocycles. The molecule has 0 saturated heterocycles. The highest BCUT2D eigenvalue weighted by Gasteiger charge is 2.21. The SMILES string of the molecule is CC(C)CC(N)c1cc(Br)cc2c1OCC2. The summed E-state index contributed by atoms with van der Waals surface area (Å²) in [5.41, 5.74) is 8.67. The van der Waals surface area contributed by atoms with Gasteiger partial charge in [-0.15, -0.1) is 0 Å². The van der Waals surface area contributed by atoms with Gasteiger partial charge in [0.05, 0.1) is 6.61 Å². The maximum absolute atomic E-state index is 6.24. The third-order valence-corrected chi connectivity index (χ3v) is 3.36. The van der Waals surface area contributed by atoms with E-state index in [9.17, 15) is 0 Å². The van der Waals surface area contributed by atoms with Crippen molar-refractivity contribution in [2.75, 3.05) is 6.61 Å². The molecule has 0 bridgehead atoms. The second-order valence-electron chi connectivity index (χ2n) is 4.82. The standard InChI is InChI=1S/C13H18BrNO/c1-8(2)5-12(15)11-7-10(14)6-9-3-4-16-13(9)11/h6-8,12H,3-5,15H2,1-2H3. The predicted octanol–water partition coefficient (Wildman–Crippen LogP) is 3.43. The van der Waals surface area contributed by atoms with Gasteiger partial charge in [0.15, 0.2) is 0 Å². The van der Waals surface area contributed by atoms with E-state index < -0.39 is 0 Å². The van der Waals surface area contributed by atoms with Crippen molar-refractivity contribution in [3.8, 4) is 5.75 Å². The second kappa shape index (κ2) is 4.76. The first-order valence-electron chi connectivity index (χ1n) is 5.78. The lowest BCUT2D eigenvalue weighted by molar-refractivity contribution is 0.348.